The van der Waals surface area contributed by atoms with Gasteiger partial charge in [0.2, 0.25) is 0 Å². The van der Waals surface area contributed by atoms with Crippen LogP contribution >= 0.6 is 11.3 Å². The summed E-state index contributed by atoms with van der Waals surface area (Å²) >= 11 is 1.40. The van der Waals surface area contributed by atoms with Gasteiger partial charge >= 0.3 is 75.4 Å². The Morgan fingerprint density at radius 2 is 1.16 bits per heavy atom. The van der Waals surface area contributed by atoms with Gasteiger partial charge < -0.3 is 44.1 Å². The van der Waals surface area contributed by atoms with Crippen LogP contribution in [0.2, 0.25) is 0 Å². The first-order valence-electron chi connectivity index (χ1n) is 4.71. The van der Waals surface area contributed by atoms with Crippen molar-refractivity contribution < 1.29 is 75.4 Å². The number of thiophene rings is 1. The Morgan fingerprint density at radius 3 is 1.53 bits per heavy atom. The molecule has 1 aromatic heterocycles. The molecule has 0 radical (unpaired) electrons. The Morgan fingerprint density at radius 1 is 0.789 bits per heavy atom. The first-order valence-corrected chi connectivity index (χ1v) is 5.52. The second-order valence-electron chi connectivity index (χ2n) is 3.65. The quantitative estimate of drug-likeness (QED) is 0.276. The summed E-state index contributed by atoms with van der Waals surface area (Å²) in [5.41, 5.74) is 6.00. The Kier molecular flexibility index (Phi) is 10.6. The van der Waals surface area contributed by atoms with Gasteiger partial charge in [-0.25, -0.2) is 0 Å². The molecule has 0 atom stereocenters. The number of fused-ring (bicyclic) bond motifs is 2. The van der Waals surface area contributed by atoms with Crippen LogP contribution in [-0.4, -0.2) is 0 Å². The normalized spacial score (nSPS) is 9.79. The van der Waals surface area contributed by atoms with Crippen LogP contribution in [0, 0.1) is 24.6 Å². The van der Waals surface area contributed by atoms with E-state index in [1.807, 2.05) is 0 Å². The fourth-order valence-corrected chi connectivity index (χ4v) is 2.11. The average molecular weight is 240 g/mol. The topological polar surface area (TPSA) is 28.2 Å². The summed E-state index contributed by atoms with van der Waals surface area (Å²) in [5, 5.41) is 15.1. The molecule has 0 saturated heterocycles. The monoisotopic (exact) mass is 240 g/mol. The van der Waals surface area contributed by atoms with E-state index in [4.69, 9.17) is 0 Å². The molecule has 2 aromatic rings. The molecule has 3 rings (SSSR count). The molecular weight excluding hydrogens is 232 g/mol. The third kappa shape index (κ3) is 4.44. The summed E-state index contributed by atoms with van der Waals surface area (Å²) in [6.07, 6.45) is 0. The van der Waals surface area contributed by atoms with Crippen LogP contribution in [0.1, 0.15) is 11.1 Å². The van der Waals surface area contributed by atoms with Crippen molar-refractivity contribution in [3.05, 3.63) is 44.7 Å². The Labute approximate surface area is 166 Å². The third-order valence-electron chi connectivity index (χ3n) is 2.58. The van der Waals surface area contributed by atoms with Gasteiger partial charge in [0, 0.05) is 0 Å². The largest absolute Gasteiger partial charge is 1.00 e. The van der Waals surface area contributed by atoms with Gasteiger partial charge in [0.1, 0.15) is 0 Å². The molecule has 0 amide bonds. The van der Waals surface area contributed by atoms with Gasteiger partial charge in [0.15, 0.2) is 0 Å². The second-order valence-corrected chi connectivity index (χ2v) is 4.26. The maximum atomic E-state index is 4.50. The molecule has 76 valence electrons. The van der Waals surface area contributed by atoms with Crippen molar-refractivity contribution in [3.8, 4) is 0 Å². The molecule has 0 aliphatic carbocycles. The van der Waals surface area contributed by atoms with Crippen LogP contribution in [0.25, 0.3) is 10.6 Å². The fourth-order valence-electron chi connectivity index (χ4n) is 1.58. The number of hydrogen-bond donors (Lipinski definition) is 0. The molecule has 2 heterocycles. The minimum absolute atomic E-state index is 0. The van der Waals surface area contributed by atoms with Crippen molar-refractivity contribution in [2.24, 2.45) is 0 Å². The second kappa shape index (κ2) is 9.04. The van der Waals surface area contributed by atoms with Gasteiger partial charge in [-0.15, -0.1) is 0 Å². The third-order valence-corrected chi connectivity index (χ3v) is 3.17. The predicted molar refractivity (Wildman–Crippen MR) is 63.3 cm³/mol. The molecule has 1 aliphatic heterocycles. The molecule has 1 aromatic carbocycles. The maximum absolute atomic E-state index is 4.50. The minimum Gasteiger partial charge on any atom is -0.791 e. The molecule has 0 unspecified atom stereocenters. The summed E-state index contributed by atoms with van der Waals surface area (Å²) in [6, 6.07) is 4.14. The van der Waals surface area contributed by atoms with Crippen LogP contribution in [0.4, 0.5) is 22.7 Å². The van der Waals surface area contributed by atoms with E-state index in [-0.39, 0.29) is 75.4 Å². The number of aryl methyl sites for hydroxylation is 2. The van der Waals surface area contributed by atoms with Gasteiger partial charge in [-0.1, -0.05) is 12.1 Å². The van der Waals surface area contributed by atoms with E-state index in [0.717, 1.165) is 22.7 Å². The van der Waals surface area contributed by atoms with E-state index in [1.165, 1.54) is 22.5 Å². The number of hydrogen-bond acceptors (Lipinski definition) is 1. The molecule has 0 spiro atoms. The molecule has 0 fully saturated rings. The first-order chi connectivity index (χ1) is 7.24. The van der Waals surface area contributed by atoms with Crippen LogP contribution in [0.5, 0.6) is 0 Å². The molecule has 1 aliphatic rings. The molecule has 7 heteroatoms. The molecule has 0 N–H and O–H groups in total. The number of rotatable bonds is 0. The zero-order chi connectivity index (χ0) is 10.4. The molecule has 0 saturated carbocycles. The van der Waals surface area contributed by atoms with Crippen molar-refractivity contribution in [3.63, 3.8) is 0 Å². The number of nitrogens with zero attached hydrogens (tertiary/aromatic N) is 2. The van der Waals surface area contributed by atoms with Crippen LogP contribution in [0.3, 0.4) is 0 Å². The fraction of sp³-hybridized carbons (Fsp3) is 0.167. The number of benzene rings is 1. The van der Waals surface area contributed by atoms with Gasteiger partial charge in [-0.3, -0.25) is 0 Å². The molecule has 0 bridgehead atoms. The van der Waals surface area contributed by atoms with Crippen molar-refractivity contribution >= 4 is 34.1 Å². The van der Waals surface area contributed by atoms with Crippen molar-refractivity contribution in [2.45, 2.75) is 13.8 Å². The van der Waals surface area contributed by atoms with Gasteiger partial charge in [-0.2, -0.15) is 11.4 Å². The Balaban J connectivity index is 0. The molecule has 2 nitrogen and oxygen atoms in total. The maximum Gasteiger partial charge on any atom is 1.00 e. The summed E-state index contributed by atoms with van der Waals surface area (Å²) < 4.78 is 0. The van der Waals surface area contributed by atoms with Crippen molar-refractivity contribution in [1.82, 2.24) is 0 Å². The minimum atomic E-state index is 0. The Bertz CT molecular complexity index is 497. The van der Waals surface area contributed by atoms with E-state index in [0.29, 0.717) is 0 Å². The van der Waals surface area contributed by atoms with E-state index in [9.17, 15) is 0 Å². The summed E-state index contributed by atoms with van der Waals surface area (Å²) in [7, 11) is 0. The zero-order valence-electron chi connectivity index (χ0n) is 12.5. The summed E-state index contributed by atoms with van der Waals surface area (Å²) in [5.74, 6) is 0. The van der Waals surface area contributed by atoms with Gasteiger partial charge in [0.25, 0.3) is 0 Å². The van der Waals surface area contributed by atoms with E-state index in [1.54, 1.807) is 0 Å². The molecular formula is C12H8Li4N2S. The van der Waals surface area contributed by atoms with Crippen LogP contribution < -0.4 is 75.4 Å². The smallest absolute Gasteiger partial charge is 0.791 e. The van der Waals surface area contributed by atoms with Crippen molar-refractivity contribution in [1.29, 1.82) is 0 Å². The van der Waals surface area contributed by atoms with E-state index >= 15 is 0 Å². The van der Waals surface area contributed by atoms with Gasteiger partial charge in [0.05, 0.1) is 0 Å². The zero-order valence-corrected chi connectivity index (χ0v) is 13.3. The Hall–Kier alpha value is 0.910. The standard InChI is InChI=1S/C12H8N2S.4Li/c1-7-3-9-10(4-8(7)2)14-12-6-15-5-11(12)13-9;;;;/h3-4H,1-2H3;;;;/q-4;4*+1. The summed E-state index contributed by atoms with van der Waals surface area (Å²) in [6.45, 7) is 4.17. The van der Waals surface area contributed by atoms with E-state index in [2.05, 4.69) is 47.4 Å². The van der Waals surface area contributed by atoms with E-state index < -0.39 is 0 Å². The first kappa shape index (κ1) is 22.2. The average Bonchev–Trinajstić information content (AvgIpc) is 2.63. The SMILES string of the molecule is Cc1cc2c(cc1C)[N-]c1[c-]s[c-]c1[N-]2.[Li+].[Li+].[Li+].[Li+]. The summed E-state index contributed by atoms with van der Waals surface area (Å²) in [4.78, 5) is 0. The van der Waals surface area contributed by atoms with Crippen LogP contribution in [-0.2, 0) is 0 Å². The van der Waals surface area contributed by atoms with Crippen molar-refractivity contribution in [2.75, 3.05) is 0 Å². The van der Waals surface area contributed by atoms with Crippen LogP contribution in [0.15, 0.2) is 12.1 Å². The predicted octanol–water partition coefficient (Wildman–Crippen LogP) is -7.03. The molecule has 19 heavy (non-hydrogen) atoms. The van der Waals surface area contributed by atoms with Gasteiger partial charge in [-0.05, 0) is 25.0 Å².